The molecule has 2 fully saturated rings. The number of H-pyrrole nitrogens is 1. The van der Waals surface area contributed by atoms with Crippen LogP contribution in [0.15, 0.2) is 15.8 Å². The number of nitrogens with one attached hydrogen (secondary N) is 1. The number of nitrogens with zero attached hydrogens (tertiary/aromatic N) is 1. The van der Waals surface area contributed by atoms with Crippen LogP contribution in [-0.2, 0) is 14.2 Å². The molecular weight excluding hydrogens is 290 g/mol. The van der Waals surface area contributed by atoms with Gasteiger partial charge in [0.2, 0.25) is 5.82 Å². The van der Waals surface area contributed by atoms with Gasteiger partial charge >= 0.3 is 5.69 Å². The monoisotopic (exact) mass is 305 g/mol. The Morgan fingerprint density at radius 2 is 2.05 bits per heavy atom. The predicted molar refractivity (Wildman–Crippen MR) is 66.1 cm³/mol. The molecule has 0 aromatic carbocycles. The number of rotatable bonds is 2. The number of aliphatic hydroxyl groups is 1. The maximum Gasteiger partial charge on any atom is 0.330 e. The van der Waals surface area contributed by atoms with Crippen LogP contribution in [0.25, 0.3) is 0 Å². The molecule has 0 spiro atoms. The van der Waals surface area contributed by atoms with Crippen LogP contribution >= 0.6 is 0 Å². The highest BCUT2D eigenvalue weighted by Gasteiger charge is 2.55. The van der Waals surface area contributed by atoms with Crippen LogP contribution in [0.4, 0.5) is 4.39 Å². The molecule has 0 bridgehead atoms. The van der Waals surface area contributed by atoms with Crippen LogP contribution in [0.5, 0.6) is 0 Å². The number of aromatic amines is 1. The van der Waals surface area contributed by atoms with Gasteiger partial charge in [0.25, 0.3) is 5.56 Å². The average molecular weight is 305 g/mol. The summed E-state index contributed by atoms with van der Waals surface area (Å²) in [5, 5.41) is 9.34. The third-order valence-corrected chi connectivity index (χ3v) is 3.50. The van der Waals surface area contributed by atoms with Crippen molar-refractivity contribution in [1.29, 1.82) is 0 Å². The maximum atomic E-state index is 13.4. The fraction of sp³-hybridized carbons (Fsp3) is 0.667. The van der Waals surface area contributed by atoms with Crippen molar-refractivity contribution in [3.05, 3.63) is 32.9 Å². The molecule has 9 heteroatoms. The number of hydrogen-bond donors (Lipinski definition) is 2. The van der Waals surface area contributed by atoms with Gasteiger partial charge in [-0.1, -0.05) is 0 Å². The largest absolute Gasteiger partial charge is 0.394 e. The number of aromatic nitrogens is 2. The number of fused-ring (bicyclic) bond motifs is 1. The van der Waals surface area contributed by atoms with E-state index in [1.54, 1.807) is 13.8 Å². The molecule has 2 N–H and O–H groups in total. The first-order valence-corrected chi connectivity index (χ1v) is 6.45. The van der Waals surface area contributed by atoms with Gasteiger partial charge < -0.3 is 19.3 Å². The molecule has 1 unspecified atom stereocenters. The van der Waals surface area contributed by atoms with Crippen molar-refractivity contribution in [1.82, 2.24) is 9.55 Å². The highest BCUT2D eigenvalue weighted by atomic mass is 19.1. The summed E-state index contributed by atoms with van der Waals surface area (Å²) in [6.07, 6.45) is -2.22. The molecule has 3 heterocycles. The number of hydrogen-bond acceptors (Lipinski definition) is 6. The van der Waals surface area contributed by atoms with Crippen LogP contribution in [0, 0.1) is 5.82 Å². The van der Waals surface area contributed by atoms with E-state index in [0.717, 1.165) is 10.8 Å². The van der Waals surface area contributed by atoms with Crippen molar-refractivity contribution < 1.29 is 23.7 Å². The predicted octanol–water partition coefficient (Wildman–Crippen LogP) is -0.915. The zero-order valence-corrected chi connectivity index (χ0v) is 11.4. The zero-order valence-electron chi connectivity index (χ0n) is 11.4. The van der Waals surface area contributed by atoms with E-state index in [1.807, 2.05) is 4.98 Å². The molecule has 3 rings (SSSR count). The second-order valence-corrected chi connectivity index (χ2v) is 5.46. The van der Waals surface area contributed by atoms with Crippen molar-refractivity contribution in [2.45, 2.75) is 44.2 Å². The lowest BCUT2D eigenvalue weighted by Crippen LogP contribution is -2.38. The normalized spacial score (nSPS) is 34.1. The summed E-state index contributed by atoms with van der Waals surface area (Å²) in [5.74, 6) is -2.02. The summed E-state index contributed by atoms with van der Waals surface area (Å²) in [6.45, 7) is 3.04. The molecule has 0 aliphatic carbocycles. The smallest absolute Gasteiger partial charge is 0.330 e. The third kappa shape index (κ3) is 2.31. The van der Waals surface area contributed by atoms with E-state index in [4.69, 9.17) is 14.2 Å². The fourth-order valence-electron chi connectivity index (χ4n) is 2.68. The van der Waals surface area contributed by atoms with Gasteiger partial charge in [-0.15, -0.1) is 0 Å². The minimum Gasteiger partial charge on any atom is -0.394 e. The van der Waals surface area contributed by atoms with Gasteiger partial charge in [-0.25, -0.2) is 4.79 Å². The van der Waals surface area contributed by atoms with Gasteiger partial charge in [0.1, 0.15) is 18.3 Å². The molecule has 116 valence electrons. The lowest BCUT2D eigenvalue weighted by atomic mass is 10.1. The van der Waals surface area contributed by atoms with E-state index >= 15 is 0 Å². The molecule has 8 nitrogen and oxygen atoms in total. The summed E-state index contributed by atoms with van der Waals surface area (Å²) >= 11 is 0. The van der Waals surface area contributed by atoms with Crippen molar-refractivity contribution in [3.8, 4) is 0 Å². The van der Waals surface area contributed by atoms with Gasteiger partial charge in [0, 0.05) is 0 Å². The Labute approximate surface area is 118 Å². The van der Waals surface area contributed by atoms with Crippen molar-refractivity contribution >= 4 is 0 Å². The summed E-state index contributed by atoms with van der Waals surface area (Å²) < 4.78 is 31.1. The molecule has 4 atom stereocenters. The summed E-state index contributed by atoms with van der Waals surface area (Å²) in [5.41, 5.74) is -1.93. The van der Waals surface area contributed by atoms with Crippen molar-refractivity contribution in [3.63, 3.8) is 0 Å². The molecule has 2 saturated heterocycles. The van der Waals surface area contributed by atoms with Crippen molar-refractivity contribution in [2.24, 2.45) is 0 Å². The van der Waals surface area contributed by atoms with Gasteiger partial charge in [-0.05, 0) is 13.8 Å². The van der Waals surface area contributed by atoms with Gasteiger partial charge in [0.15, 0.2) is 12.0 Å². The molecule has 21 heavy (non-hydrogen) atoms. The molecule has 0 amide bonds. The molecular formula is C12H15FN2O6. The topological polar surface area (TPSA) is 103 Å². The van der Waals surface area contributed by atoms with Crippen LogP contribution in [-0.4, -0.2) is 45.4 Å². The van der Waals surface area contributed by atoms with Gasteiger partial charge in [0.05, 0.1) is 12.8 Å². The Morgan fingerprint density at radius 1 is 1.38 bits per heavy atom. The van der Waals surface area contributed by atoms with E-state index in [9.17, 15) is 19.1 Å². The van der Waals surface area contributed by atoms with Gasteiger partial charge in [-0.2, -0.15) is 4.39 Å². The van der Waals surface area contributed by atoms with Crippen LogP contribution in [0.1, 0.15) is 20.1 Å². The second kappa shape index (κ2) is 4.73. The third-order valence-electron chi connectivity index (χ3n) is 3.50. The van der Waals surface area contributed by atoms with E-state index < -0.39 is 47.4 Å². The SMILES string of the molecule is CC1(C)OC2[C@H](CO)O[C@H]([15n]3cc(F)c(=O)[15nH][13c]3=O)[C@@H]2O1. The van der Waals surface area contributed by atoms with E-state index in [1.165, 1.54) is 0 Å². The van der Waals surface area contributed by atoms with E-state index in [2.05, 4.69) is 0 Å². The molecule has 0 radical (unpaired) electrons. The Hall–Kier alpha value is -1.55. The van der Waals surface area contributed by atoms with E-state index in [-0.39, 0.29) is 6.61 Å². The highest BCUT2D eigenvalue weighted by Crippen LogP contribution is 2.42. The molecule has 1 aromatic rings. The van der Waals surface area contributed by atoms with Crippen molar-refractivity contribution in [2.75, 3.05) is 6.61 Å². The molecule has 2 aliphatic rings. The maximum absolute atomic E-state index is 13.4. The molecule has 0 saturated carbocycles. The minimum absolute atomic E-state index is 0.336. The first-order valence-electron chi connectivity index (χ1n) is 6.45. The van der Waals surface area contributed by atoms with Crippen LogP contribution < -0.4 is 11.2 Å². The summed E-state index contributed by atoms with van der Waals surface area (Å²) in [7, 11) is 0. The Kier molecular flexibility index (Phi) is 3.24. The standard InChI is InChI=1S/C12H15FN2O6/c1-12(2)20-7-6(4-16)19-10(8(7)21-12)15-3-5(13)9(17)14-11(15)18/h3,6-8,10,16H,4H2,1-2H3,(H,14,17,18)/t6-,7?,8+,10-/m0/s1/i11+1,14+1,15+1. The first-order chi connectivity index (χ1) is 9.82. The van der Waals surface area contributed by atoms with E-state index in [0.29, 0.717) is 0 Å². The molecule has 2 aliphatic heterocycles. The fourth-order valence-corrected chi connectivity index (χ4v) is 2.68. The zero-order chi connectivity index (χ0) is 15.4. The van der Waals surface area contributed by atoms with Crippen LogP contribution in [0.3, 0.4) is 0 Å². The molecule has 1 aromatic heterocycles. The first kappa shape index (κ1) is 14.4. The quantitative estimate of drug-likeness (QED) is 0.733. The highest BCUT2D eigenvalue weighted by molar-refractivity contribution is 4.99. The summed E-state index contributed by atoms with van der Waals surface area (Å²) in [4.78, 5) is 24.8. The number of aliphatic hydroxyl groups excluding tert-OH is 1. The van der Waals surface area contributed by atoms with Crippen LogP contribution in [0.2, 0.25) is 0 Å². The average Bonchev–Trinajstić information content (AvgIpc) is 2.87. The second-order valence-electron chi connectivity index (χ2n) is 5.46. The Balaban J connectivity index is 2.01. The Morgan fingerprint density at radius 3 is 2.71 bits per heavy atom. The van der Waals surface area contributed by atoms with Gasteiger partial charge in [-0.3, -0.25) is 14.3 Å². The lowest BCUT2D eigenvalue weighted by molar-refractivity contribution is -0.200. The Bertz CT molecular complexity index is 668. The summed E-state index contributed by atoms with van der Waals surface area (Å²) in [6, 6.07) is 0. The number of halogens is 1. The lowest BCUT2D eigenvalue weighted by Gasteiger charge is -2.24. The minimum atomic E-state index is -1.11. The number of ether oxygens (including phenoxy) is 3.